The molecular weight excluding hydrogens is 246 g/mol. The number of hydrogen-bond donors (Lipinski definition) is 2. The number of nitrogens with zero attached hydrogens (tertiary/aromatic N) is 1. The van der Waals surface area contributed by atoms with Crippen LogP contribution in [-0.2, 0) is 9.59 Å². The summed E-state index contributed by atoms with van der Waals surface area (Å²) < 4.78 is 0. The highest BCUT2D eigenvalue weighted by atomic mass is 16.4. The van der Waals surface area contributed by atoms with Crippen LogP contribution in [0.1, 0.15) is 33.1 Å². The van der Waals surface area contributed by atoms with Crippen LogP contribution in [0.25, 0.3) is 0 Å². The van der Waals surface area contributed by atoms with E-state index < -0.39 is 11.9 Å². The Hall–Kier alpha value is -1.10. The molecule has 108 valence electrons. The van der Waals surface area contributed by atoms with Gasteiger partial charge >= 0.3 is 11.9 Å². The minimum absolute atomic E-state index is 0.181. The van der Waals surface area contributed by atoms with E-state index in [1.54, 1.807) is 4.90 Å². The maximum atomic E-state index is 10.8. The van der Waals surface area contributed by atoms with Crippen molar-refractivity contribution in [1.82, 2.24) is 4.90 Å². The third-order valence-corrected chi connectivity index (χ3v) is 5.21. The number of carboxylic acid groups (broad SMARTS) is 2. The number of fused-ring (bicyclic) bond motifs is 2. The van der Waals surface area contributed by atoms with Crippen molar-refractivity contribution in [1.29, 1.82) is 0 Å². The molecule has 0 spiro atoms. The maximum Gasteiger partial charge on any atom is 0.317 e. The van der Waals surface area contributed by atoms with E-state index in [1.165, 1.54) is 12.8 Å². The lowest BCUT2D eigenvalue weighted by Crippen LogP contribution is -2.55. The highest BCUT2D eigenvalue weighted by Gasteiger charge is 2.54. The maximum absolute atomic E-state index is 10.8. The van der Waals surface area contributed by atoms with E-state index in [2.05, 4.69) is 13.8 Å². The second-order valence-corrected chi connectivity index (χ2v) is 6.66. The van der Waals surface area contributed by atoms with Gasteiger partial charge in [0.2, 0.25) is 0 Å². The van der Waals surface area contributed by atoms with Crippen molar-refractivity contribution < 1.29 is 19.8 Å². The van der Waals surface area contributed by atoms with Gasteiger partial charge in [0.15, 0.2) is 0 Å². The van der Waals surface area contributed by atoms with E-state index in [1.807, 2.05) is 0 Å². The molecule has 3 aliphatic rings. The Balaban J connectivity index is 1.96. The molecule has 0 aromatic heterocycles. The zero-order chi connectivity index (χ0) is 14.2. The zero-order valence-corrected chi connectivity index (χ0v) is 11.6. The van der Waals surface area contributed by atoms with Crippen LogP contribution in [-0.4, -0.2) is 46.7 Å². The highest BCUT2D eigenvalue weighted by Crippen LogP contribution is 2.61. The summed E-state index contributed by atoms with van der Waals surface area (Å²) >= 11 is 0. The van der Waals surface area contributed by atoms with Gasteiger partial charge in [-0.25, -0.2) is 0 Å². The van der Waals surface area contributed by atoms with Crippen LogP contribution in [0.15, 0.2) is 0 Å². The highest BCUT2D eigenvalue weighted by molar-refractivity contribution is 5.72. The minimum Gasteiger partial charge on any atom is -0.480 e. The van der Waals surface area contributed by atoms with E-state index in [0.717, 1.165) is 12.3 Å². The molecule has 3 saturated carbocycles. The van der Waals surface area contributed by atoms with Crippen molar-refractivity contribution in [2.24, 2.45) is 23.2 Å². The summed E-state index contributed by atoms with van der Waals surface area (Å²) in [6.45, 7) is 4.81. The van der Waals surface area contributed by atoms with Crippen LogP contribution in [0.2, 0.25) is 0 Å². The molecule has 2 N–H and O–H groups in total. The summed E-state index contributed by atoms with van der Waals surface area (Å²) in [6.07, 6.45) is 3.53. The van der Waals surface area contributed by atoms with E-state index in [9.17, 15) is 9.59 Å². The van der Waals surface area contributed by atoms with Gasteiger partial charge in [-0.15, -0.1) is 0 Å². The number of carbonyl (C=O) groups is 2. The first-order valence-corrected chi connectivity index (χ1v) is 6.96. The molecule has 3 aliphatic carbocycles. The number of rotatable bonds is 6. The molecule has 5 nitrogen and oxygen atoms in total. The van der Waals surface area contributed by atoms with Gasteiger partial charge in [0.1, 0.15) is 0 Å². The van der Waals surface area contributed by atoms with E-state index in [0.29, 0.717) is 23.8 Å². The summed E-state index contributed by atoms with van der Waals surface area (Å²) in [7, 11) is 0. The molecule has 3 fully saturated rings. The van der Waals surface area contributed by atoms with Crippen LogP contribution in [0.3, 0.4) is 0 Å². The molecule has 2 bridgehead atoms. The van der Waals surface area contributed by atoms with Crippen molar-refractivity contribution in [3.8, 4) is 0 Å². The molecule has 0 aromatic carbocycles. The SMILES string of the molecule is CC1(C)C2CCC(CN(CC(=O)O)CC(=O)O)[C@@H]1C2. The molecular formula is C14H23NO4. The number of hydrogen-bond acceptors (Lipinski definition) is 3. The first-order chi connectivity index (χ1) is 8.80. The van der Waals surface area contributed by atoms with Gasteiger partial charge in [-0.1, -0.05) is 13.8 Å². The third kappa shape index (κ3) is 2.91. The van der Waals surface area contributed by atoms with E-state index in [4.69, 9.17) is 10.2 Å². The van der Waals surface area contributed by atoms with Gasteiger partial charge in [-0.05, 0) is 42.4 Å². The molecule has 0 radical (unpaired) electrons. The summed E-state index contributed by atoms with van der Waals surface area (Å²) in [5.41, 5.74) is 0.348. The van der Waals surface area contributed by atoms with Crippen molar-refractivity contribution in [2.75, 3.05) is 19.6 Å². The van der Waals surface area contributed by atoms with E-state index in [-0.39, 0.29) is 13.1 Å². The van der Waals surface area contributed by atoms with Gasteiger partial charge < -0.3 is 10.2 Å². The van der Waals surface area contributed by atoms with Crippen molar-refractivity contribution in [3.63, 3.8) is 0 Å². The van der Waals surface area contributed by atoms with Crippen LogP contribution in [0.4, 0.5) is 0 Å². The largest absolute Gasteiger partial charge is 0.480 e. The molecule has 0 heterocycles. The van der Waals surface area contributed by atoms with Crippen LogP contribution in [0, 0.1) is 23.2 Å². The molecule has 19 heavy (non-hydrogen) atoms. The second-order valence-electron chi connectivity index (χ2n) is 6.66. The first-order valence-electron chi connectivity index (χ1n) is 6.96. The third-order valence-electron chi connectivity index (χ3n) is 5.21. The minimum atomic E-state index is -0.956. The first kappa shape index (κ1) is 14.3. The van der Waals surface area contributed by atoms with Gasteiger partial charge in [-0.2, -0.15) is 0 Å². The Kier molecular flexibility index (Phi) is 3.85. The normalized spacial score (nSPS) is 31.8. The number of carboxylic acids is 2. The van der Waals surface area contributed by atoms with Crippen molar-refractivity contribution in [2.45, 2.75) is 33.1 Å². The molecule has 0 aliphatic heterocycles. The Morgan fingerprint density at radius 1 is 1.16 bits per heavy atom. The summed E-state index contributed by atoms with van der Waals surface area (Å²) in [4.78, 5) is 23.2. The second kappa shape index (κ2) is 5.12. The lowest BCUT2D eigenvalue weighted by Gasteiger charge is -2.60. The molecule has 0 amide bonds. The van der Waals surface area contributed by atoms with Crippen LogP contribution in [0.5, 0.6) is 0 Å². The lowest BCUT2D eigenvalue weighted by molar-refractivity contribution is -0.144. The van der Waals surface area contributed by atoms with Crippen molar-refractivity contribution >= 4 is 11.9 Å². The van der Waals surface area contributed by atoms with E-state index >= 15 is 0 Å². The zero-order valence-electron chi connectivity index (χ0n) is 11.6. The lowest BCUT2D eigenvalue weighted by atomic mass is 9.45. The topological polar surface area (TPSA) is 77.8 Å². The van der Waals surface area contributed by atoms with Gasteiger partial charge in [0.25, 0.3) is 0 Å². The van der Waals surface area contributed by atoms with Gasteiger partial charge in [-0.3, -0.25) is 14.5 Å². The fourth-order valence-electron chi connectivity index (χ4n) is 4.08. The summed E-state index contributed by atoms with van der Waals surface area (Å²) in [5, 5.41) is 17.7. The Morgan fingerprint density at radius 3 is 2.16 bits per heavy atom. The average Bonchev–Trinajstić information content (AvgIpc) is 2.26. The van der Waals surface area contributed by atoms with Crippen LogP contribution >= 0.6 is 0 Å². The van der Waals surface area contributed by atoms with Gasteiger partial charge in [0.05, 0.1) is 13.1 Å². The molecule has 5 heteroatoms. The Bertz CT molecular complexity index is 362. The predicted octanol–water partition coefficient (Wildman–Crippen LogP) is 1.53. The summed E-state index contributed by atoms with van der Waals surface area (Å²) in [5.74, 6) is -0.0400. The van der Waals surface area contributed by atoms with Crippen LogP contribution < -0.4 is 0 Å². The molecule has 3 rings (SSSR count). The molecule has 2 unspecified atom stereocenters. The fraction of sp³-hybridized carbons (Fsp3) is 0.857. The number of aliphatic carboxylic acids is 2. The average molecular weight is 269 g/mol. The molecule has 0 aromatic rings. The predicted molar refractivity (Wildman–Crippen MR) is 69.8 cm³/mol. The van der Waals surface area contributed by atoms with Gasteiger partial charge in [0, 0.05) is 6.54 Å². The fourth-order valence-corrected chi connectivity index (χ4v) is 4.08. The smallest absolute Gasteiger partial charge is 0.317 e. The molecule has 0 saturated heterocycles. The standard InChI is InChI=1S/C14H23NO4/c1-14(2)10-4-3-9(11(14)5-10)6-15(7-12(16)17)8-13(18)19/h9-11H,3-8H2,1-2H3,(H,16,17)(H,18,19)/t9?,10?,11-/m0/s1. The monoisotopic (exact) mass is 269 g/mol. The quantitative estimate of drug-likeness (QED) is 0.764. The Morgan fingerprint density at radius 2 is 1.74 bits per heavy atom. The van der Waals surface area contributed by atoms with Crippen molar-refractivity contribution in [3.05, 3.63) is 0 Å². The Labute approximate surface area is 113 Å². The molecule has 3 atom stereocenters. The summed E-state index contributed by atoms with van der Waals surface area (Å²) in [6, 6.07) is 0.